The number of ketones is 1. The molecule has 3 aromatic carbocycles. The number of carbonyl (C=O) groups excluding carboxylic acids is 1. The van der Waals surface area contributed by atoms with E-state index in [9.17, 15) is 14.4 Å². The minimum atomic E-state index is -0.605. The van der Waals surface area contributed by atoms with Crippen LogP contribution in [-0.2, 0) is 19.4 Å². The highest BCUT2D eigenvalue weighted by molar-refractivity contribution is 5.94. The summed E-state index contributed by atoms with van der Waals surface area (Å²) < 4.78 is 6.46. The van der Waals surface area contributed by atoms with Crippen LogP contribution in [0.3, 0.4) is 0 Å². The molecule has 40 heavy (non-hydrogen) atoms. The molecule has 2 aromatic heterocycles. The van der Waals surface area contributed by atoms with Crippen molar-refractivity contribution in [3.63, 3.8) is 0 Å². The molecule has 5 rings (SSSR count). The first-order valence-electron chi connectivity index (χ1n) is 13.3. The van der Waals surface area contributed by atoms with Crippen LogP contribution in [0.15, 0.2) is 86.9 Å². The zero-order valence-electron chi connectivity index (χ0n) is 22.7. The van der Waals surface area contributed by atoms with Crippen molar-refractivity contribution in [2.24, 2.45) is 0 Å². The van der Waals surface area contributed by atoms with Crippen LogP contribution in [0.25, 0.3) is 22.5 Å². The van der Waals surface area contributed by atoms with Gasteiger partial charge in [-0.25, -0.2) is 9.78 Å². The molecule has 8 heteroatoms. The van der Waals surface area contributed by atoms with E-state index < -0.39 is 5.76 Å². The molecule has 202 valence electrons. The van der Waals surface area contributed by atoms with Crippen molar-refractivity contribution < 1.29 is 9.32 Å². The second-order valence-corrected chi connectivity index (χ2v) is 9.85. The summed E-state index contributed by atoms with van der Waals surface area (Å²) in [5, 5.41) is 3.84. The van der Waals surface area contributed by atoms with E-state index >= 15 is 0 Å². The third-order valence-electron chi connectivity index (χ3n) is 6.96. The van der Waals surface area contributed by atoms with E-state index in [1.54, 1.807) is 10.6 Å². The number of carbonyl (C=O) groups is 1. The lowest BCUT2D eigenvalue weighted by atomic mass is 9.98. The molecular weight excluding hydrogens is 504 g/mol. The normalized spacial score (nSPS) is 11.1. The van der Waals surface area contributed by atoms with Crippen LogP contribution < -0.4 is 11.3 Å². The van der Waals surface area contributed by atoms with Crippen molar-refractivity contribution in [2.45, 2.75) is 46.6 Å². The second-order valence-electron chi connectivity index (χ2n) is 9.85. The molecule has 0 aliphatic carbocycles. The first kappa shape index (κ1) is 26.7. The minimum absolute atomic E-state index is 0.00668. The Morgan fingerprint density at radius 1 is 0.950 bits per heavy atom. The van der Waals surface area contributed by atoms with Crippen LogP contribution in [0.1, 0.15) is 58.8 Å². The Kier molecular flexibility index (Phi) is 7.68. The monoisotopic (exact) mass is 534 g/mol. The van der Waals surface area contributed by atoms with Gasteiger partial charge in [0.05, 0.1) is 6.54 Å². The summed E-state index contributed by atoms with van der Waals surface area (Å²) in [7, 11) is 0. The van der Waals surface area contributed by atoms with Crippen LogP contribution in [0.4, 0.5) is 0 Å². The van der Waals surface area contributed by atoms with E-state index in [2.05, 4.69) is 17.1 Å². The summed E-state index contributed by atoms with van der Waals surface area (Å²) >= 11 is 0. The molecule has 0 aliphatic rings. The number of rotatable bonds is 9. The van der Waals surface area contributed by atoms with Gasteiger partial charge in [-0.3, -0.25) is 23.7 Å². The molecule has 0 amide bonds. The molecule has 0 unspecified atom stereocenters. The quantitative estimate of drug-likeness (QED) is 0.255. The maximum absolute atomic E-state index is 13.8. The average Bonchev–Trinajstić information content (AvgIpc) is 3.40. The number of nitrogens with zero attached hydrogens (tertiary/aromatic N) is 3. The number of H-pyrrole nitrogens is 1. The first-order valence-corrected chi connectivity index (χ1v) is 13.3. The van der Waals surface area contributed by atoms with Crippen LogP contribution in [0, 0.1) is 6.92 Å². The van der Waals surface area contributed by atoms with E-state index in [4.69, 9.17) is 9.51 Å². The molecule has 0 aliphatic heterocycles. The van der Waals surface area contributed by atoms with Crippen molar-refractivity contribution in [3.05, 3.63) is 127 Å². The number of Topliss-reactive ketones (excluding diaryl/α,β-unsaturated/α-hetero) is 1. The lowest BCUT2D eigenvalue weighted by molar-refractivity contribution is 0.101. The maximum atomic E-state index is 13.8. The van der Waals surface area contributed by atoms with Crippen LogP contribution in [0.2, 0.25) is 0 Å². The summed E-state index contributed by atoms with van der Waals surface area (Å²) in [6.07, 6.45) is 1.97. The fraction of sp³-hybridized carbons (Fsp3) is 0.219. The molecule has 2 heterocycles. The molecule has 0 radical (unpaired) electrons. The van der Waals surface area contributed by atoms with Crippen LogP contribution in [-0.4, -0.2) is 25.5 Å². The Hall–Kier alpha value is -4.85. The molecule has 0 bridgehead atoms. The van der Waals surface area contributed by atoms with Gasteiger partial charge in [-0.15, -0.1) is 0 Å². The highest BCUT2D eigenvalue weighted by Crippen LogP contribution is 2.30. The average molecular weight is 535 g/mol. The van der Waals surface area contributed by atoms with E-state index in [0.29, 0.717) is 36.3 Å². The fourth-order valence-electron chi connectivity index (χ4n) is 4.90. The molecule has 5 aromatic rings. The van der Waals surface area contributed by atoms with Gasteiger partial charge in [0.1, 0.15) is 5.82 Å². The van der Waals surface area contributed by atoms with E-state index in [1.807, 2.05) is 73.7 Å². The minimum Gasteiger partial charge on any atom is -0.296 e. The number of hydrogen-bond donors (Lipinski definition) is 1. The lowest BCUT2D eigenvalue weighted by Gasteiger charge is -2.16. The standard InChI is InChI=1S/C32H30N4O4/c1-4-8-29-33-20(2)28(18-23-9-7-10-25(17-23)21(3)37)31(38)36(29)19-22-13-15-24(16-14-22)26-11-5-6-12-27(26)30-34-32(39)40-35-30/h5-7,9-17H,4,8,18-19H2,1-3H3,(H,34,35,39). The number of aryl methyl sites for hydroxylation is 2. The van der Waals surface area contributed by atoms with Crippen molar-refractivity contribution in [1.82, 2.24) is 19.7 Å². The predicted octanol–water partition coefficient (Wildman–Crippen LogP) is 5.36. The van der Waals surface area contributed by atoms with Gasteiger partial charge < -0.3 is 0 Å². The van der Waals surface area contributed by atoms with E-state index in [1.165, 1.54) is 6.92 Å². The van der Waals surface area contributed by atoms with Crippen molar-refractivity contribution in [2.75, 3.05) is 0 Å². The Morgan fingerprint density at radius 3 is 2.38 bits per heavy atom. The molecule has 0 saturated heterocycles. The van der Waals surface area contributed by atoms with Crippen LogP contribution in [0.5, 0.6) is 0 Å². The Balaban J connectivity index is 1.47. The second kappa shape index (κ2) is 11.5. The zero-order valence-corrected chi connectivity index (χ0v) is 22.7. The number of hydrogen-bond acceptors (Lipinski definition) is 6. The number of nitrogens with one attached hydrogen (secondary N) is 1. The Morgan fingerprint density at radius 2 is 1.70 bits per heavy atom. The SMILES string of the molecule is CCCc1nc(C)c(Cc2cccc(C(C)=O)c2)c(=O)n1Cc1ccc(-c2ccccc2-c2noc(=O)[nH]2)cc1. The molecule has 0 spiro atoms. The molecule has 8 nitrogen and oxygen atoms in total. The maximum Gasteiger partial charge on any atom is 0.439 e. The first-order chi connectivity index (χ1) is 19.3. The third kappa shape index (κ3) is 5.61. The topological polar surface area (TPSA) is 111 Å². The summed E-state index contributed by atoms with van der Waals surface area (Å²) in [6, 6.07) is 23.0. The van der Waals surface area contributed by atoms with Gasteiger partial charge >= 0.3 is 5.76 Å². The molecule has 0 atom stereocenters. The largest absolute Gasteiger partial charge is 0.439 e. The Bertz CT molecular complexity index is 1800. The van der Waals surface area contributed by atoms with E-state index in [0.717, 1.165) is 45.8 Å². The molecule has 0 fully saturated rings. The van der Waals surface area contributed by atoms with Gasteiger partial charge in [-0.1, -0.05) is 78.8 Å². The molecular formula is C32H30N4O4. The summed E-state index contributed by atoms with van der Waals surface area (Å²) in [6.45, 7) is 5.88. The van der Waals surface area contributed by atoms with Crippen molar-refractivity contribution in [1.29, 1.82) is 0 Å². The summed E-state index contributed by atoms with van der Waals surface area (Å²) in [5.41, 5.74) is 6.38. The highest BCUT2D eigenvalue weighted by Gasteiger charge is 2.16. The zero-order chi connectivity index (χ0) is 28.2. The van der Waals surface area contributed by atoms with Crippen molar-refractivity contribution in [3.8, 4) is 22.5 Å². The van der Waals surface area contributed by atoms with Crippen molar-refractivity contribution >= 4 is 5.78 Å². The van der Waals surface area contributed by atoms with E-state index in [-0.39, 0.29) is 11.3 Å². The lowest BCUT2D eigenvalue weighted by Crippen LogP contribution is -2.30. The summed E-state index contributed by atoms with van der Waals surface area (Å²) in [4.78, 5) is 44.6. The van der Waals surface area contributed by atoms with Gasteiger partial charge in [0.15, 0.2) is 11.6 Å². The predicted molar refractivity (Wildman–Crippen MR) is 154 cm³/mol. The van der Waals surface area contributed by atoms with Gasteiger partial charge in [-0.05, 0) is 48.6 Å². The smallest absolute Gasteiger partial charge is 0.296 e. The number of aromatic amines is 1. The van der Waals surface area contributed by atoms with Gasteiger partial charge in [-0.2, -0.15) is 0 Å². The van der Waals surface area contributed by atoms with Crippen LogP contribution >= 0.6 is 0 Å². The summed E-state index contributed by atoms with van der Waals surface area (Å²) in [5.74, 6) is 0.516. The van der Waals surface area contributed by atoms with Gasteiger partial charge in [0, 0.05) is 35.2 Å². The third-order valence-corrected chi connectivity index (χ3v) is 6.96. The van der Waals surface area contributed by atoms with Gasteiger partial charge in [0.2, 0.25) is 0 Å². The highest BCUT2D eigenvalue weighted by atomic mass is 16.5. The number of aromatic nitrogens is 4. The molecule has 0 saturated carbocycles. The van der Waals surface area contributed by atoms with Gasteiger partial charge in [0.25, 0.3) is 5.56 Å². The Labute approximate surface area is 231 Å². The fourth-order valence-corrected chi connectivity index (χ4v) is 4.90. The number of benzene rings is 3. The molecule has 1 N–H and O–H groups in total.